The van der Waals surface area contributed by atoms with Crippen LogP contribution in [-0.4, -0.2) is 29.2 Å². The van der Waals surface area contributed by atoms with Crippen LogP contribution in [0.4, 0.5) is 10.3 Å². The molecular weight excluding hydrogens is 323 g/mol. The van der Waals surface area contributed by atoms with Crippen LogP contribution in [0.5, 0.6) is 11.5 Å². The summed E-state index contributed by atoms with van der Waals surface area (Å²) in [6.45, 7) is 0. The van der Waals surface area contributed by atoms with E-state index in [4.69, 9.17) is 15.2 Å². The third-order valence-corrected chi connectivity index (χ3v) is 4.40. The van der Waals surface area contributed by atoms with Gasteiger partial charge in [0, 0.05) is 28.8 Å². The maximum Gasteiger partial charge on any atom is 0.220 e. The third-order valence-electron chi connectivity index (χ3n) is 4.40. The SMILES string of the molecule is COc1cc(OC)c(C2CC2)c(-c2cc3cnc(N)nc3cn2)c1F. The summed E-state index contributed by atoms with van der Waals surface area (Å²) in [5, 5.41) is 0.738. The number of nitrogens with zero attached hydrogens (tertiary/aromatic N) is 3. The minimum atomic E-state index is -0.437. The lowest BCUT2D eigenvalue weighted by molar-refractivity contribution is 0.372. The van der Waals surface area contributed by atoms with Gasteiger partial charge in [-0.2, -0.15) is 0 Å². The molecule has 25 heavy (non-hydrogen) atoms. The van der Waals surface area contributed by atoms with E-state index in [0.29, 0.717) is 22.5 Å². The number of anilines is 1. The summed E-state index contributed by atoms with van der Waals surface area (Å²) in [5.41, 5.74) is 7.96. The molecule has 3 aromatic rings. The maximum atomic E-state index is 15.1. The van der Waals surface area contributed by atoms with Crippen LogP contribution in [0.2, 0.25) is 0 Å². The van der Waals surface area contributed by atoms with Crippen molar-refractivity contribution in [2.45, 2.75) is 18.8 Å². The summed E-state index contributed by atoms with van der Waals surface area (Å²) in [5.74, 6) is 0.756. The molecule has 6 nitrogen and oxygen atoms in total. The second-order valence-electron chi connectivity index (χ2n) is 6.01. The fourth-order valence-corrected chi connectivity index (χ4v) is 3.06. The maximum absolute atomic E-state index is 15.1. The molecule has 0 atom stereocenters. The van der Waals surface area contributed by atoms with Gasteiger partial charge in [-0.15, -0.1) is 0 Å². The second-order valence-corrected chi connectivity index (χ2v) is 6.01. The Hall–Kier alpha value is -2.96. The molecule has 2 heterocycles. The number of hydrogen-bond acceptors (Lipinski definition) is 6. The van der Waals surface area contributed by atoms with Crippen molar-refractivity contribution in [2.24, 2.45) is 0 Å². The van der Waals surface area contributed by atoms with E-state index in [2.05, 4.69) is 15.0 Å². The van der Waals surface area contributed by atoms with Gasteiger partial charge in [0.05, 0.1) is 31.6 Å². The van der Waals surface area contributed by atoms with Crippen molar-refractivity contribution in [1.82, 2.24) is 15.0 Å². The van der Waals surface area contributed by atoms with Crippen LogP contribution in [0.25, 0.3) is 22.2 Å². The monoisotopic (exact) mass is 340 g/mol. The molecule has 0 amide bonds. The Morgan fingerprint density at radius 1 is 1.08 bits per heavy atom. The number of nitrogens with two attached hydrogens (primary N) is 1. The van der Waals surface area contributed by atoms with E-state index in [1.54, 1.807) is 31.6 Å². The molecule has 0 bridgehead atoms. The molecule has 1 saturated carbocycles. The number of aromatic nitrogens is 3. The molecule has 1 aliphatic rings. The minimum absolute atomic E-state index is 0.131. The van der Waals surface area contributed by atoms with Gasteiger partial charge >= 0.3 is 0 Å². The first kappa shape index (κ1) is 15.6. The van der Waals surface area contributed by atoms with E-state index in [0.717, 1.165) is 23.8 Å². The van der Waals surface area contributed by atoms with Gasteiger partial charge in [0.25, 0.3) is 0 Å². The van der Waals surface area contributed by atoms with Gasteiger partial charge in [0.2, 0.25) is 5.95 Å². The molecule has 0 unspecified atom stereocenters. The Labute approximate surface area is 143 Å². The van der Waals surface area contributed by atoms with Crippen LogP contribution in [0.1, 0.15) is 24.3 Å². The number of fused-ring (bicyclic) bond motifs is 1. The molecule has 0 saturated heterocycles. The van der Waals surface area contributed by atoms with Crippen molar-refractivity contribution in [3.05, 3.63) is 35.9 Å². The number of pyridine rings is 1. The van der Waals surface area contributed by atoms with Crippen LogP contribution >= 0.6 is 0 Å². The fraction of sp³-hybridized carbons (Fsp3) is 0.278. The lowest BCUT2D eigenvalue weighted by Crippen LogP contribution is -2.02. The lowest BCUT2D eigenvalue weighted by Gasteiger charge is -2.17. The van der Waals surface area contributed by atoms with Gasteiger partial charge in [-0.25, -0.2) is 14.4 Å². The van der Waals surface area contributed by atoms with Crippen molar-refractivity contribution in [3.8, 4) is 22.8 Å². The van der Waals surface area contributed by atoms with Gasteiger partial charge in [-0.05, 0) is 24.8 Å². The Morgan fingerprint density at radius 3 is 2.52 bits per heavy atom. The fourth-order valence-electron chi connectivity index (χ4n) is 3.06. The van der Waals surface area contributed by atoms with Crippen molar-refractivity contribution in [3.63, 3.8) is 0 Å². The van der Waals surface area contributed by atoms with Crippen molar-refractivity contribution in [2.75, 3.05) is 20.0 Å². The number of ether oxygens (including phenoxy) is 2. The molecule has 128 valence electrons. The van der Waals surface area contributed by atoms with Crippen molar-refractivity contribution < 1.29 is 13.9 Å². The molecule has 0 aliphatic heterocycles. The molecule has 2 N–H and O–H groups in total. The van der Waals surface area contributed by atoms with Gasteiger partial charge < -0.3 is 15.2 Å². The van der Waals surface area contributed by atoms with E-state index in [9.17, 15) is 0 Å². The first-order valence-corrected chi connectivity index (χ1v) is 7.95. The number of methoxy groups -OCH3 is 2. The van der Waals surface area contributed by atoms with Crippen molar-refractivity contribution >= 4 is 16.9 Å². The molecule has 1 aromatic carbocycles. The molecule has 1 fully saturated rings. The number of rotatable bonds is 4. The number of benzene rings is 1. The Bertz CT molecular complexity index is 973. The summed E-state index contributed by atoms with van der Waals surface area (Å²) in [6, 6.07) is 3.36. The standard InChI is InChI=1S/C18H17FN4O2/c1-24-13-6-14(25-2)17(19)16(15(13)9-3-4-9)11-5-10-7-22-18(20)23-12(10)8-21-11/h5-9H,3-4H2,1-2H3,(H2,20,22,23). The smallest absolute Gasteiger partial charge is 0.220 e. The van der Waals surface area contributed by atoms with E-state index in [1.165, 1.54) is 7.11 Å². The van der Waals surface area contributed by atoms with E-state index >= 15 is 4.39 Å². The summed E-state index contributed by atoms with van der Waals surface area (Å²) >= 11 is 0. The first-order chi connectivity index (χ1) is 12.1. The highest BCUT2D eigenvalue weighted by Crippen LogP contribution is 2.51. The Kier molecular flexibility index (Phi) is 3.63. The van der Waals surface area contributed by atoms with Crippen molar-refractivity contribution in [1.29, 1.82) is 0 Å². The molecule has 4 rings (SSSR count). The summed E-state index contributed by atoms with van der Waals surface area (Å²) < 4.78 is 25.8. The zero-order chi connectivity index (χ0) is 17.6. The van der Waals surface area contributed by atoms with Gasteiger partial charge in [-0.3, -0.25) is 4.98 Å². The second kappa shape index (κ2) is 5.84. The summed E-state index contributed by atoms with van der Waals surface area (Å²) in [6.07, 6.45) is 5.18. The predicted molar refractivity (Wildman–Crippen MR) is 92.2 cm³/mol. The quantitative estimate of drug-likeness (QED) is 0.784. The van der Waals surface area contributed by atoms with Crippen LogP contribution in [0.15, 0.2) is 24.5 Å². The zero-order valence-corrected chi connectivity index (χ0v) is 13.9. The van der Waals surface area contributed by atoms with E-state index < -0.39 is 5.82 Å². The van der Waals surface area contributed by atoms with E-state index in [-0.39, 0.29) is 17.6 Å². The van der Waals surface area contributed by atoms with Gasteiger partial charge in [-0.1, -0.05) is 0 Å². The summed E-state index contributed by atoms with van der Waals surface area (Å²) in [4.78, 5) is 12.5. The lowest BCUT2D eigenvalue weighted by atomic mass is 9.97. The predicted octanol–water partition coefficient (Wildman–Crippen LogP) is 3.31. The molecule has 1 aliphatic carbocycles. The number of halogens is 1. The van der Waals surface area contributed by atoms with Crippen LogP contribution in [0.3, 0.4) is 0 Å². The highest BCUT2D eigenvalue weighted by molar-refractivity contribution is 5.84. The van der Waals surface area contributed by atoms with E-state index in [1.807, 2.05) is 0 Å². The highest BCUT2D eigenvalue weighted by Gasteiger charge is 2.33. The molecule has 0 radical (unpaired) electrons. The minimum Gasteiger partial charge on any atom is -0.496 e. The van der Waals surface area contributed by atoms with Crippen LogP contribution in [0, 0.1) is 5.82 Å². The average Bonchev–Trinajstić information content (AvgIpc) is 3.45. The van der Waals surface area contributed by atoms with Crippen LogP contribution < -0.4 is 15.2 Å². The third kappa shape index (κ3) is 2.61. The van der Waals surface area contributed by atoms with Gasteiger partial charge in [0.1, 0.15) is 5.75 Å². The largest absolute Gasteiger partial charge is 0.496 e. The number of hydrogen-bond donors (Lipinski definition) is 1. The summed E-state index contributed by atoms with van der Waals surface area (Å²) in [7, 11) is 3.01. The Balaban J connectivity index is 1.99. The molecule has 0 spiro atoms. The average molecular weight is 340 g/mol. The number of nitrogen functional groups attached to an aromatic ring is 1. The van der Waals surface area contributed by atoms with Gasteiger partial charge in [0.15, 0.2) is 11.6 Å². The molecule has 7 heteroatoms. The first-order valence-electron chi connectivity index (χ1n) is 7.95. The topological polar surface area (TPSA) is 83.2 Å². The zero-order valence-electron chi connectivity index (χ0n) is 13.9. The molecular formula is C18H17FN4O2. The highest BCUT2D eigenvalue weighted by atomic mass is 19.1. The van der Waals surface area contributed by atoms with Crippen LogP contribution in [-0.2, 0) is 0 Å². The Morgan fingerprint density at radius 2 is 1.84 bits per heavy atom. The normalized spacial score (nSPS) is 13.9. The molecule has 2 aromatic heterocycles.